The van der Waals surface area contributed by atoms with Crippen LogP contribution in [-0.4, -0.2) is 20.2 Å². The van der Waals surface area contributed by atoms with Gasteiger partial charge < -0.3 is 10.6 Å². The molecule has 9 heteroatoms. The van der Waals surface area contributed by atoms with E-state index in [2.05, 4.69) is 15.4 Å². The standard InChI is InChI=1S/C23H20ClN3O4S/c1-16(28)25-18-9-11-19(12-10-18)26-23(29)15-8-17-6-13-20(14-7-17)32(30,31)27-22-5-3-2-4-21(22)24/h2-15,27H,1H3,(H,25,28)(H,26,29)/b15-8+. The van der Waals surface area contributed by atoms with Gasteiger partial charge in [-0.05, 0) is 60.2 Å². The summed E-state index contributed by atoms with van der Waals surface area (Å²) in [6, 6.07) is 19.3. The zero-order valence-electron chi connectivity index (χ0n) is 17.0. The van der Waals surface area contributed by atoms with Crippen molar-refractivity contribution >= 4 is 56.6 Å². The molecular formula is C23H20ClN3O4S. The number of anilines is 3. The minimum absolute atomic E-state index is 0.0679. The molecule has 0 heterocycles. The summed E-state index contributed by atoms with van der Waals surface area (Å²) in [7, 11) is -3.80. The highest BCUT2D eigenvalue weighted by Crippen LogP contribution is 2.24. The van der Waals surface area contributed by atoms with E-state index in [4.69, 9.17) is 11.6 Å². The third-order valence-corrected chi connectivity index (χ3v) is 5.92. The van der Waals surface area contributed by atoms with E-state index in [1.165, 1.54) is 25.1 Å². The first kappa shape index (κ1) is 23.1. The van der Waals surface area contributed by atoms with Crippen LogP contribution in [0.4, 0.5) is 17.1 Å². The van der Waals surface area contributed by atoms with Crippen LogP contribution in [0.5, 0.6) is 0 Å². The highest BCUT2D eigenvalue weighted by molar-refractivity contribution is 7.92. The normalized spacial score (nSPS) is 11.2. The van der Waals surface area contributed by atoms with Crippen LogP contribution < -0.4 is 15.4 Å². The van der Waals surface area contributed by atoms with E-state index in [0.29, 0.717) is 27.6 Å². The van der Waals surface area contributed by atoms with Crippen molar-refractivity contribution < 1.29 is 18.0 Å². The van der Waals surface area contributed by atoms with E-state index in [9.17, 15) is 18.0 Å². The second-order valence-electron chi connectivity index (χ2n) is 6.74. The molecule has 0 fully saturated rings. The van der Waals surface area contributed by atoms with Gasteiger partial charge in [-0.1, -0.05) is 35.9 Å². The molecule has 0 spiro atoms. The number of carbonyl (C=O) groups excluding carboxylic acids is 2. The van der Waals surface area contributed by atoms with Crippen LogP contribution in [0.25, 0.3) is 6.08 Å². The van der Waals surface area contributed by atoms with Crippen LogP contribution >= 0.6 is 11.6 Å². The lowest BCUT2D eigenvalue weighted by Crippen LogP contribution is -2.13. The Morgan fingerprint density at radius 2 is 1.44 bits per heavy atom. The quantitative estimate of drug-likeness (QED) is 0.434. The van der Waals surface area contributed by atoms with Crippen molar-refractivity contribution in [3.05, 3.63) is 89.5 Å². The van der Waals surface area contributed by atoms with Gasteiger partial charge in [0.2, 0.25) is 11.8 Å². The van der Waals surface area contributed by atoms with E-state index in [1.807, 2.05) is 0 Å². The van der Waals surface area contributed by atoms with E-state index in [0.717, 1.165) is 0 Å². The Balaban J connectivity index is 1.61. The zero-order chi connectivity index (χ0) is 23.1. The molecule has 3 rings (SSSR count). The number of halogens is 1. The van der Waals surface area contributed by atoms with Gasteiger partial charge in [-0.3, -0.25) is 14.3 Å². The van der Waals surface area contributed by atoms with E-state index >= 15 is 0 Å². The number of carbonyl (C=O) groups is 2. The van der Waals surface area contributed by atoms with Gasteiger partial charge in [0.1, 0.15) is 0 Å². The Bertz CT molecular complexity index is 1260. The van der Waals surface area contributed by atoms with E-state index in [1.54, 1.807) is 66.7 Å². The van der Waals surface area contributed by atoms with Crippen molar-refractivity contribution in [3.8, 4) is 0 Å². The number of sulfonamides is 1. The third kappa shape index (κ3) is 6.44. The molecule has 7 nitrogen and oxygen atoms in total. The smallest absolute Gasteiger partial charge is 0.261 e. The average Bonchev–Trinajstić information content (AvgIpc) is 2.75. The van der Waals surface area contributed by atoms with Gasteiger partial charge in [-0.15, -0.1) is 0 Å². The van der Waals surface area contributed by atoms with Crippen molar-refractivity contribution in [2.24, 2.45) is 0 Å². The molecule has 0 aliphatic rings. The molecule has 2 amide bonds. The van der Waals surface area contributed by atoms with Crippen molar-refractivity contribution in [1.82, 2.24) is 0 Å². The predicted octanol–water partition coefficient (Wildman–Crippen LogP) is 4.75. The maximum absolute atomic E-state index is 12.5. The lowest BCUT2D eigenvalue weighted by Gasteiger charge is -2.09. The molecule has 0 bridgehead atoms. The summed E-state index contributed by atoms with van der Waals surface area (Å²) >= 11 is 6.01. The summed E-state index contributed by atoms with van der Waals surface area (Å²) in [4.78, 5) is 23.2. The first-order valence-electron chi connectivity index (χ1n) is 9.47. The molecule has 3 aromatic rings. The van der Waals surface area contributed by atoms with E-state index < -0.39 is 10.0 Å². The molecule has 0 saturated carbocycles. The van der Waals surface area contributed by atoms with Crippen LogP contribution in [0.2, 0.25) is 5.02 Å². The topological polar surface area (TPSA) is 104 Å². The van der Waals surface area contributed by atoms with Crippen LogP contribution in [0.3, 0.4) is 0 Å². The highest BCUT2D eigenvalue weighted by Gasteiger charge is 2.15. The van der Waals surface area contributed by atoms with Crippen LogP contribution in [0.1, 0.15) is 12.5 Å². The monoisotopic (exact) mass is 469 g/mol. The predicted molar refractivity (Wildman–Crippen MR) is 127 cm³/mol. The summed E-state index contributed by atoms with van der Waals surface area (Å²) in [5.41, 5.74) is 2.14. The summed E-state index contributed by atoms with van der Waals surface area (Å²) in [5.74, 6) is -0.530. The molecular weight excluding hydrogens is 450 g/mol. The fourth-order valence-electron chi connectivity index (χ4n) is 2.70. The van der Waals surface area contributed by atoms with Gasteiger partial charge in [0.05, 0.1) is 15.6 Å². The molecule has 0 aliphatic carbocycles. The molecule has 0 aliphatic heterocycles. The van der Waals surface area contributed by atoms with Gasteiger partial charge in [0.15, 0.2) is 0 Å². The Hall–Kier alpha value is -3.62. The average molecular weight is 470 g/mol. The summed E-state index contributed by atoms with van der Waals surface area (Å²) in [5, 5.41) is 5.65. The zero-order valence-corrected chi connectivity index (χ0v) is 18.6. The molecule has 0 aromatic heterocycles. The Morgan fingerprint density at radius 3 is 2.03 bits per heavy atom. The number of benzene rings is 3. The maximum Gasteiger partial charge on any atom is 0.261 e. The molecule has 32 heavy (non-hydrogen) atoms. The van der Waals surface area contributed by atoms with Gasteiger partial charge in [0.25, 0.3) is 10.0 Å². The number of hydrogen-bond acceptors (Lipinski definition) is 4. The number of rotatable bonds is 7. The maximum atomic E-state index is 12.5. The Labute approximate surface area is 191 Å². The molecule has 0 saturated heterocycles. The van der Waals surface area contributed by atoms with Gasteiger partial charge in [-0.25, -0.2) is 8.42 Å². The summed E-state index contributed by atoms with van der Waals surface area (Å²) in [6.07, 6.45) is 2.91. The lowest BCUT2D eigenvalue weighted by molar-refractivity contribution is -0.114. The van der Waals surface area contributed by atoms with Gasteiger partial charge in [-0.2, -0.15) is 0 Å². The fourth-order valence-corrected chi connectivity index (χ4v) is 4.02. The van der Waals surface area contributed by atoms with Gasteiger partial charge >= 0.3 is 0 Å². The Morgan fingerprint density at radius 1 is 0.844 bits per heavy atom. The van der Waals surface area contributed by atoms with Crippen molar-refractivity contribution in [1.29, 1.82) is 0 Å². The Kier molecular flexibility index (Phi) is 7.29. The van der Waals surface area contributed by atoms with Crippen molar-refractivity contribution in [2.75, 3.05) is 15.4 Å². The second-order valence-corrected chi connectivity index (χ2v) is 8.83. The third-order valence-electron chi connectivity index (χ3n) is 4.21. The molecule has 3 aromatic carbocycles. The molecule has 0 unspecified atom stereocenters. The van der Waals surface area contributed by atoms with E-state index in [-0.39, 0.29) is 16.7 Å². The van der Waals surface area contributed by atoms with Gasteiger partial charge in [0, 0.05) is 24.4 Å². The lowest BCUT2D eigenvalue weighted by atomic mass is 10.2. The fraction of sp³-hybridized carbons (Fsp3) is 0.0435. The van der Waals surface area contributed by atoms with Crippen LogP contribution in [-0.2, 0) is 19.6 Å². The second kappa shape index (κ2) is 10.1. The molecule has 3 N–H and O–H groups in total. The number of para-hydroxylation sites is 1. The first-order valence-corrected chi connectivity index (χ1v) is 11.3. The minimum atomic E-state index is -3.80. The first-order chi connectivity index (χ1) is 15.2. The minimum Gasteiger partial charge on any atom is -0.326 e. The van der Waals surface area contributed by atoms with Crippen LogP contribution in [0.15, 0.2) is 83.8 Å². The largest absolute Gasteiger partial charge is 0.326 e. The SMILES string of the molecule is CC(=O)Nc1ccc(NC(=O)/C=C/c2ccc(S(=O)(=O)Nc3ccccc3Cl)cc2)cc1. The van der Waals surface area contributed by atoms with Crippen LogP contribution in [0, 0.1) is 0 Å². The van der Waals surface area contributed by atoms with Crippen molar-refractivity contribution in [2.45, 2.75) is 11.8 Å². The molecule has 164 valence electrons. The summed E-state index contributed by atoms with van der Waals surface area (Å²) < 4.78 is 27.5. The summed E-state index contributed by atoms with van der Waals surface area (Å²) in [6.45, 7) is 1.41. The molecule has 0 radical (unpaired) electrons. The highest BCUT2D eigenvalue weighted by atomic mass is 35.5. The number of amides is 2. The van der Waals surface area contributed by atoms with Crippen molar-refractivity contribution in [3.63, 3.8) is 0 Å². The number of nitrogens with one attached hydrogen (secondary N) is 3. The number of hydrogen-bond donors (Lipinski definition) is 3. The molecule has 0 atom stereocenters.